The Morgan fingerprint density at radius 1 is 0.778 bits per heavy atom. The number of fused-ring (bicyclic) bond motifs is 1. The molecule has 0 N–H and O–H groups in total. The molecular weight excluding hydrogens is 256 g/mol. The lowest BCUT2D eigenvalue weighted by Gasteiger charge is -2.14. The zero-order valence-electron chi connectivity index (χ0n) is 11.5. The van der Waals surface area contributed by atoms with Gasteiger partial charge >= 0.3 is 0 Å². The lowest BCUT2D eigenvalue weighted by Crippen LogP contribution is -1.94. The van der Waals surface area contributed by atoms with Gasteiger partial charge in [0.2, 0.25) is 0 Å². The fraction of sp³-hybridized carbons (Fsp3) is 0.375. The van der Waals surface area contributed by atoms with E-state index < -0.39 is 0 Å². The maximum Gasteiger partial charge on any atom is 0.0184 e. The quantitative estimate of drug-likeness (QED) is 0.754. The lowest BCUT2D eigenvalue weighted by molar-refractivity contribution is 1.30. The molecule has 0 amide bonds. The number of thioether (sulfide) groups is 2. The lowest BCUT2D eigenvalue weighted by atomic mass is 9.94. The van der Waals surface area contributed by atoms with E-state index in [1.807, 2.05) is 23.5 Å². The molecule has 0 fully saturated rings. The van der Waals surface area contributed by atoms with E-state index in [0.717, 1.165) is 11.5 Å². The maximum absolute atomic E-state index is 2.28. The Bertz CT molecular complexity index is 512. The molecule has 0 aliphatic carbocycles. The molecule has 0 radical (unpaired) electrons. The standard InChI is InChI=1S/C16H20S2/c1-11-14(9-17-3)7-5-13-6-8-15(10-18-4)12(2)16(11)13/h5-8H,9-10H2,1-4H3. The zero-order chi connectivity index (χ0) is 13.1. The molecule has 0 unspecified atom stereocenters. The van der Waals surface area contributed by atoms with Gasteiger partial charge in [0.1, 0.15) is 0 Å². The first-order chi connectivity index (χ1) is 8.69. The summed E-state index contributed by atoms with van der Waals surface area (Å²) in [6.07, 6.45) is 4.33. The second-order valence-electron chi connectivity index (χ2n) is 4.66. The summed E-state index contributed by atoms with van der Waals surface area (Å²) in [6, 6.07) is 9.09. The number of hydrogen-bond donors (Lipinski definition) is 0. The Balaban J connectivity index is 2.65. The minimum atomic E-state index is 1.11. The van der Waals surface area contributed by atoms with Crippen LogP contribution < -0.4 is 0 Å². The van der Waals surface area contributed by atoms with Crippen molar-refractivity contribution >= 4 is 34.3 Å². The highest BCUT2D eigenvalue weighted by atomic mass is 32.2. The molecule has 2 aromatic rings. The molecule has 0 heterocycles. The average Bonchev–Trinajstić information content (AvgIpc) is 2.36. The number of benzene rings is 2. The predicted molar refractivity (Wildman–Crippen MR) is 87.9 cm³/mol. The summed E-state index contributed by atoms with van der Waals surface area (Å²) < 4.78 is 0. The van der Waals surface area contributed by atoms with Crippen LogP contribution in [0.1, 0.15) is 22.3 Å². The van der Waals surface area contributed by atoms with Crippen LogP contribution in [0.2, 0.25) is 0 Å². The number of hydrogen-bond acceptors (Lipinski definition) is 2. The smallest absolute Gasteiger partial charge is 0.0184 e. The van der Waals surface area contributed by atoms with E-state index in [0.29, 0.717) is 0 Å². The van der Waals surface area contributed by atoms with E-state index in [4.69, 9.17) is 0 Å². The SMILES string of the molecule is CSCc1ccc2ccc(CSC)c(C)c2c1C. The molecule has 0 atom stereocenters. The van der Waals surface area contributed by atoms with E-state index in [-0.39, 0.29) is 0 Å². The normalized spacial score (nSPS) is 11.1. The van der Waals surface area contributed by atoms with Crippen LogP contribution in [0.25, 0.3) is 10.8 Å². The van der Waals surface area contributed by atoms with Crippen molar-refractivity contribution in [3.63, 3.8) is 0 Å². The van der Waals surface area contributed by atoms with E-state index in [9.17, 15) is 0 Å². The predicted octanol–water partition coefficient (Wildman–Crippen LogP) is 5.18. The van der Waals surface area contributed by atoms with Gasteiger partial charge in [-0.25, -0.2) is 0 Å². The van der Waals surface area contributed by atoms with Gasteiger partial charge in [-0.1, -0.05) is 24.3 Å². The number of rotatable bonds is 4. The summed E-state index contributed by atoms with van der Waals surface area (Å²) >= 11 is 3.79. The van der Waals surface area contributed by atoms with Crippen LogP contribution in [0.5, 0.6) is 0 Å². The highest BCUT2D eigenvalue weighted by Crippen LogP contribution is 2.30. The molecule has 0 aliphatic heterocycles. The summed E-state index contributed by atoms with van der Waals surface area (Å²) in [4.78, 5) is 0. The zero-order valence-corrected chi connectivity index (χ0v) is 13.2. The van der Waals surface area contributed by atoms with Crippen molar-refractivity contribution < 1.29 is 0 Å². The molecule has 2 heteroatoms. The van der Waals surface area contributed by atoms with Crippen LogP contribution in [0.3, 0.4) is 0 Å². The van der Waals surface area contributed by atoms with Crippen molar-refractivity contribution in [3.8, 4) is 0 Å². The van der Waals surface area contributed by atoms with Gasteiger partial charge in [-0.2, -0.15) is 23.5 Å². The van der Waals surface area contributed by atoms with Crippen LogP contribution in [0, 0.1) is 13.8 Å². The molecule has 0 spiro atoms. The molecule has 0 saturated carbocycles. The third-order valence-corrected chi connectivity index (χ3v) is 4.73. The van der Waals surface area contributed by atoms with E-state index >= 15 is 0 Å². The minimum absolute atomic E-state index is 1.11. The fourth-order valence-electron chi connectivity index (χ4n) is 2.51. The number of aryl methyl sites for hydroxylation is 2. The Morgan fingerprint density at radius 3 is 1.61 bits per heavy atom. The van der Waals surface area contributed by atoms with Gasteiger partial charge < -0.3 is 0 Å². The molecule has 2 rings (SSSR count). The first kappa shape index (κ1) is 13.8. The molecule has 0 aromatic heterocycles. The van der Waals surface area contributed by atoms with Gasteiger partial charge in [-0.05, 0) is 59.4 Å². The van der Waals surface area contributed by atoms with Gasteiger partial charge in [0.05, 0.1) is 0 Å². The fourth-order valence-corrected chi connectivity index (χ4v) is 3.76. The van der Waals surface area contributed by atoms with Crippen molar-refractivity contribution in [1.29, 1.82) is 0 Å². The average molecular weight is 276 g/mol. The maximum atomic E-state index is 2.28. The van der Waals surface area contributed by atoms with E-state index in [1.54, 1.807) is 0 Å². The summed E-state index contributed by atoms with van der Waals surface area (Å²) in [6.45, 7) is 4.54. The Morgan fingerprint density at radius 2 is 1.22 bits per heavy atom. The summed E-state index contributed by atoms with van der Waals surface area (Å²) in [7, 11) is 0. The minimum Gasteiger partial charge on any atom is -0.161 e. The highest BCUT2D eigenvalue weighted by molar-refractivity contribution is 7.98. The molecule has 96 valence electrons. The summed E-state index contributed by atoms with van der Waals surface area (Å²) in [5.74, 6) is 2.21. The van der Waals surface area contributed by atoms with Gasteiger partial charge in [0, 0.05) is 11.5 Å². The molecule has 0 nitrogen and oxygen atoms in total. The van der Waals surface area contributed by atoms with E-state index in [2.05, 4.69) is 50.6 Å². The Labute approximate surface area is 119 Å². The van der Waals surface area contributed by atoms with Gasteiger partial charge in [0.15, 0.2) is 0 Å². The van der Waals surface area contributed by atoms with Crippen LogP contribution in [-0.4, -0.2) is 12.5 Å². The molecule has 18 heavy (non-hydrogen) atoms. The van der Waals surface area contributed by atoms with Crippen molar-refractivity contribution in [2.45, 2.75) is 25.4 Å². The first-order valence-electron chi connectivity index (χ1n) is 6.17. The van der Waals surface area contributed by atoms with Crippen LogP contribution in [-0.2, 0) is 11.5 Å². The third kappa shape index (κ3) is 2.55. The van der Waals surface area contributed by atoms with Crippen molar-refractivity contribution in [3.05, 3.63) is 46.5 Å². The largest absolute Gasteiger partial charge is 0.161 e. The molecule has 0 saturated heterocycles. The second-order valence-corrected chi connectivity index (χ2v) is 6.40. The van der Waals surface area contributed by atoms with E-state index in [1.165, 1.54) is 33.0 Å². The summed E-state index contributed by atoms with van der Waals surface area (Å²) in [5, 5.41) is 2.84. The third-order valence-electron chi connectivity index (χ3n) is 3.53. The topological polar surface area (TPSA) is 0 Å². The summed E-state index contributed by atoms with van der Waals surface area (Å²) in [5.41, 5.74) is 5.86. The van der Waals surface area contributed by atoms with Crippen LogP contribution >= 0.6 is 23.5 Å². The molecule has 0 aliphatic rings. The van der Waals surface area contributed by atoms with Crippen molar-refractivity contribution in [2.75, 3.05) is 12.5 Å². The Kier molecular flexibility index (Phi) is 4.63. The second kappa shape index (κ2) is 6.03. The highest BCUT2D eigenvalue weighted by Gasteiger charge is 2.08. The monoisotopic (exact) mass is 276 g/mol. The molecular formula is C16H20S2. The van der Waals surface area contributed by atoms with Crippen molar-refractivity contribution in [1.82, 2.24) is 0 Å². The first-order valence-corrected chi connectivity index (χ1v) is 8.96. The van der Waals surface area contributed by atoms with Gasteiger partial charge in [-0.3, -0.25) is 0 Å². The van der Waals surface area contributed by atoms with Gasteiger partial charge in [0.25, 0.3) is 0 Å². The van der Waals surface area contributed by atoms with Crippen LogP contribution in [0.4, 0.5) is 0 Å². The van der Waals surface area contributed by atoms with Gasteiger partial charge in [-0.15, -0.1) is 0 Å². The molecule has 2 aromatic carbocycles. The van der Waals surface area contributed by atoms with Crippen molar-refractivity contribution in [2.24, 2.45) is 0 Å². The Hall–Kier alpha value is -0.600. The van der Waals surface area contributed by atoms with Crippen LogP contribution in [0.15, 0.2) is 24.3 Å². The molecule has 0 bridgehead atoms.